The average Bonchev–Trinajstić information content (AvgIpc) is 3.50. The largest absolute Gasteiger partial charge is 0.378 e. The molecule has 0 aromatic carbocycles. The molecular weight excluding hydrogens is 400 g/mol. The summed E-state index contributed by atoms with van der Waals surface area (Å²) in [5, 5.41) is 9.43. The van der Waals surface area contributed by atoms with Crippen LogP contribution in [-0.4, -0.2) is 63.8 Å². The molecule has 0 aliphatic carbocycles. The van der Waals surface area contributed by atoms with Crippen LogP contribution in [0.2, 0.25) is 0 Å². The van der Waals surface area contributed by atoms with Gasteiger partial charge in [0.15, 0.2) is 0 Å². The van der Waals surface area contributed by atoms with Crippen LogP contribution in [0.25, 0.3) is 16.5 Å². The summed E-state index contributed by atoms with van der Waals surface area (Å²) in [4.78, 5) is 25.2. The molecule has 4 heterocycles. The lowest BCUT2D eigenvalue weighted by Gasteiger charge is -2.19. The van der Waals surface area contributed by atoms with Crippen LogP contribution in [-0.2, 0) is 11.3 Å². The fraction of sp³-hybridized carbons (Fsp3) is 0.429. The first kappa shape index (κ1) is 20.6. The molecule has 0 bridgehead atoms. The SMILES string of the molecule is COCc1c(C(=O)NCCC2CCCN2C)cnn1-c1nccc(-c2cccs2)n1. The quantitative estimate of drug-likeness (QED) is 0.596. The van der Waals surface area contributed by atoms with Crippen LogP contribution in [0, 0.1) is 0 Å². The van der Waals surface area contributed by atoms with E-state index in [1.807, 2.05) is 23.6 Å². The minimum atomic E-state index is -0.150. The van der Waals surface area contributed by atoms with Crippen molar-refractivity contribution < 1.29 is 9.53 Å². The third-order valence-electron chi connectivity index (χ3n) is 5.44. The molecule has 0 saturated carbocycles. The number of nitrogens with zero attached hydrogens (tertiary/aromatic N) is 5. The normalized spacial score (nSPS) is 16.8. The van der Waals surface area contributed by atoms with Gasteiger partial charge in [0.1, 0.15) is 0 Å². The second kappa shape index (κ2) is 9.46. The van der Waals surface area contributed by atoms with E-state index in [-0.39, 0.29) is 12.5 Å². The predicted molar refractivity (Wildman–Crippen MR) is 116 cm³/mol. The number of amides is 1. The second-order valence-corrected chi connectivity index (χ2v) is 8.34. The van der Waals surface area contributed by atoms with Crippen molar-refractivity contribution in [2.45, 2.75) is 31.9 Å². The van der Waals surface area contributed by atoms with Crippen molar-refractivity contribution in [2.75, 3.05) is 27.2 Å². The Kier molecular flexibility index (Phi) is 6.51. The van der Waals surface area contributed by atoms with Crippen molar-refractivity contribution in [3.8, 4) is 16.5 Å². The first-order valence-electron chi connectivity index (χ1n) is 10.1. The number of hydrogen-bond acceptors (Lipinski definition) is 7. The smallest absolute Gasteiger partial charge is 0.254 e. The fourth-order valence-corrected chi connectivity index (χ4v) is 4.51. The maximum atomic E-state index is 12.8. The Balaban J connectivity index is 1.51. The summed E-state index contributed by atoms with van der Waals surface area (Å²) >= 11 is 1.61. The predicted octanol–water partition coefficient (Wildman–Crippen LogP) is 2.75. The lowest BCUT2D eigenvalue weighted by atomic mass is 10.1. The monoisotopic (exact) mass is 426 g/mol. The van der Waals surface area contributed by atoms with E-state index in [4.69, 9.17) is 4.74 Å². The molecule has 1 saturated heterocycles. The van der Waals surface area contributed by atoms with Crippen molar-refractivity contribution in [2.24, 2.45) is 0 Å². The van der Waals surface area contributed by atoms with Crippen molar-refractivity contribution >= 4 is 17.2 Å². The van der Waals surface area contributed by atoms with Gasteiger partial charge in [-0.2, -0.15) is 9.78 Å². The van der Waals surface area contributed by atoms with Crippen LogP contribution in [0.5, 0.6) is 0 Å². The minimum absolute atomic E-state index is 0.150. The standard InChI is InChI=1S/C21H26N6O2S/c1-26-11-3-5-15(26)7-9-22-20(28)16-13-24-27(18(16)14-29-2)21-23-10-8-17(25-21)19-6-4-12-30-19/h4,6,8,10,12-13,15H,3,5,7,9,11,14H2,1-2H3,(H,22,28). The van der Waals surface area contributed by atoms with Gasteiger partial charge in [0, 0.05) is 25.9 Å². The molecule has 4 rings (SSSR count). The van der Waals surface area contributed by atoms with Gasteiger partial charge >= 0.3 is 0 Å². The van der Waals surface area contributed by atoms with Crippen LogP contribution >= 0.6 is 11.3 Å². The number of methoxy groups -OCH3 is 1. The van der Waals surface area contributed by atoms with Crippen LogP contribution in [0.4, 0.5) is 0 Å². The summed E-state index contributed by atoms with van der Waals surface area (Å²) < 4.78 is 6.92. The molecule has 158 valence electrons. The third-order valence-corrected chi connectivity index (χ3v) is 6.33. The lowest BCUT2D eigenvalue weighted by Crippen LogP contribution is -2.32. The maximum Gasteiger partial charge on any atom is 0.254 e. The van der Waals surface area contributed by atoms with Gasteiger partial charge < -0.3 is 15.0 Å². The lowest BCUT2D eigenvalue weighted by molar-refractivity contribution is 0.0945. The van der Waals surface area contributed by atoms with Gasteiger partial charge in [0.05, 0.1) is 34.6 Å². The van der Waals surface area contributed by atoms with Gasteiger partial charge in [-0.15, -0.1) is 11.3 Å². The highest BCUT2D eigenvalue weighted by Gasteiger charge is 2.22. The number of hydrogen-bond donors (Lipinski definition) is 1. The zero-order valence-electron chi connectivity index (χ0n) is 17.2. The Morgan fingerprint density at radius 1 is 1.40 bits per heavy atom. The summed E-state index contributed by atoms with van der Waals surface area (Å²) in [6, 6.07) is 6.40. The molecule has 1 fully saturated rings. The molecule has 30 heavy (non-hydrogen) atoms. The van der Waals surface area contributed by atoms with Gasteiger partial charge in [-0.25, -0.2) is 9.97 Å². The highest BCUT2D eigenvalue weighted by Crippen LogP contribution is 2.23. The van der Waals surface area contributed by atoms with Gasteiger partial charge in [0.25, 0.3) is 11.9 Å². The highest BCUT2D eigenvalue weighted by molar-refractivity contribution is 7.13. The number of carbonyl (C=O) groups excluding carboxylic acids is 1. The Bertz CT molecular complexity index is 987. The Hall–Kier alpha value is -2.62. The van der Waals surface area contributed by atoms with Crippen molar-refractivity contribution in [1.82, 2.24) is 30.0 Å². The molecule has 9 heteroatoms. The van der Waals surface area contributed by atoms with Gasteiger partial charge in [-0.1, -0.05) is 6.07 Å². The zero-order valence-corrected chi connectivity index (χ0v) is 18.1. The highest BCUT2D eigenvalue weighted by atomic mass is 32.1. The summed E-state index contributed by atoms with van der Waals surface area (Å²) in [5.41, 5.74) is 1.94. The topological polar surface area (TPSA) is 85.2 Å². The molecule has 3 aromatic heterocycles. The van der Waals surface area contributed by atoms with Gasteiger partial charge in [0.2, 0.25) is 0 Å². The van der Waals surface area contributed by atoms with E-state index in [9.17, 15) is 4.79 Å². The molecule has 0 spiro atoms. The van der Waals surface area contributed by atoms with Gasteiger partial charge in [-0.3, -0.25) is 4.79 Å². The molecule has 1 aliphatic heterocycles. The summed E-state index contributed by atoms with van der Waals surface area (Å²) in [6.45, 7) is 2.00. The molecule has 3 aromatic rings. The molecule has 1 N–H and O–H groups in total. The summed E-state index contributed by atoms with van der Waals surface area (Å²) in [6.07, 6.45) is 6.63. The Morgan fingerprint density at radius 2 is 2.30 bits per heavy atom. The number of rotatable bonds is 8. The van der Waals surface area contributed by atoms with E-state index in [1.165, 1.54) is 12.8 Å². The average molecular weight is 427 g/mol. The molecule has 8 nitrogen and oxygen atoms in total. The van der Waals surface area contributed by atoms with Crippen molar-refractivity contribution in [3.05, 3.63) is 47.2 Å². The first-order valence-corrected chi connectivity index (χ1v) is 11.0. The first-order chi connectivity index (χ1) is 14.7. The minimum Gasteiger partial charge on any atom is -0.378 e. The van der Waals surface area contributed by atoms with E-state index >= 15 is 0 Å². The van der Waals surface area contributed by atoms with Gasteiger partial charge in [-0.05, 0) is 50.4 Å². The van der Waals surface area contributed by atoms with Crippen LogP contribution < -0.4 is 5.32 Å². The number of aromatic nitrogens is 4. The zero-order chi connectivity index (χ0) is 20.9. The molecule has 1 unspecified atom stereocenters. The van der Waals surface area contributed by atoms with E-state index in [2.05, 4.69) is 32.3 Å². The van der Waals surface area contributed by atoms with E-state index in [0.717, 1.165) is 23.5 Å². The number of thiophene rings is 1. The summed E-state index contributed by atoms with van der Waals surface area (Å²) in [5.74, 6) is 0.267. The number of ether oxygens (including phenoxy) is 1. The molecule has 1 aliphatic rings. The Morgan fingerprint density at radius 3 is 3.03 bits per heavy atom. The van der Waals surface area contributed by atoms with Crippen molar-refractivity contribution in [3.63, 3.8) is 0 Å². The second-order valence-electron chi connectivity index (χ2n) is 7.39. The van der Waals surface area contributed by atoms with E-state index in [0.29, 0.717) is 29.8 Å². The fourth-order valence-electron chi connectivity index (χ4n) is 3.81. The van der Waals surface area contributed by atoms with E-state index < -0.39 is 0 Å². The molecule has 0 radical (unpaired) electrons. The van der Waals surface area contributed by atoms with Crippen LogP contribution in [0.3, 0.4) is 0 Å². The maximum absolute atomic E-state index is 12.8. The van der Waals surface area contributed by atoms with E-state index in [1.54, 1.807) is 35.5 Å². The molecular formula is C21H26N6O2S. The third kappa shape index (κ3) is 4.43. The number of likely N-dealkylation sites (tertiary alicyclic amines) is 1. The number of nitrogens with one attached hydrogen (secondary N) is 1. The van der Waals surface area contributed by atoms with Crippen LogP contribution in [0.1, 0.15) is 35.3 Å². The Labute approximate surface area is 179 Å². The van der Waals surface area contributed by atoms with Crippen LogP contribution in [0.15, 0.2) is 36.0 Å². The molecule has 1 atom stereocenters. The molecule has 1 amide bonds. The number of carbonyl (C=O) groups is 1. The van der Waals surface area contributed by atoms with Crippen molar-refractivity contribution in [1.29, 1.82) is 0 Å². The summed E-state index contributed by atoms with van der Waals surface area (Å²) in [7, 11) is 3.74.